The number of rotatable bonds is 6. The Morgan fingerprint density at radius 1 is 0.974 bits per heavy atom. The maximum Gasteiger partial charge on any atom is 0.410 e. The summed E-state index contributed by atoms with van der Waals surface area (Å²) in [6.07, 6.45) is 2.45. The van der Waals surface area contributed by atoms with E-state index in [1.807, 2.05) is 49.7 Å². The van der Waals surface area contributed by atoms with E-state index < -0.39 is 5.60 Å². The van der Waals surface area contributed by atoms with Crippen LogP contribution in [0.1, 0.15) is 27.2 Å². The molecule has 0 N–H and O–H groups in total. The van der Waals surface area contributed by atoms with E-state index >= 15 is 0 Å². The predicted octanol–water partition coefficient (Wildman–Crippen LogP) is 4.77. The van der Waals surface area contributed by atoms with Crippen molar-refractivity contribution in [3.8, 4) is 28.4 Å². The van der Waals surface area contributed by atoms with Gasteiger partial charge in [-0.2, -0.15) is 5.10 Å². The lowest BCUT2D eigenvalue weighted by Crippen LogP contribution is -2.50. The molecule has 2 aromatic carbocycles. The minimum Gasteiger partial charge on any atom is -0.493 e. The Hall–Kier alpha value is -3.72. The highest BCUT2D eigenvalue weighted by molar-refractivity contribution is 5.69. The van der Waals surface area contributed by atoms with Crippen LogP contribution in [0.4, 0.5) is 10.5 Å². The smallest absolute Gasteiger partial charge is 0.410 e. The molecule has 9 nitrogen and oxygen atoms in total. The standard InChI is InChI=1S/C29H36N4O5/c1-29(2,3)38-28(34)32-16-14-31(15-17-32)22-6-8-23(9-7-22)33-25(11-13-30-33)21-5-10-26(35-4)27(19-21)37-24-12-18-36-20-24/h5-11,13,19,24H,12,14-18,20H2,1-4H3/t24-/m1/s1. The average Bonchev–Trinajstić information content (AvgIpc) is 3.60. The molecule has 2 saturated heterocycles. The summed E-state index contributed by atoms with van der Waals surface area (Å²) in [5.74, 6) is 1.40. The summed E-state index contributed by atoms with van der Waals surface area (Å²) in [6.45, 7) is 9.76. The summed E-state index contributed by atoms with van der Waals surface area (Å²) in [4.78, 5) is 16.4. The van der Waals surface area contributed by atoms with Gasteiger partial charge in [0.05, 0.1) is 37.9 Å². The monoisotopic (exact) mass is 520 g/mol. The summed E-state index contributed by atoms with van der Waals surface area (Å²) in [5.41, 5.74) is 3.54. The van der Waals surface area contributed by atoms with Crippen molar-refractivity contribution in [2.24, 2.45) is 0 Å². The minimum absolute atomic E-state index is 0.0302. The molecule has 0 radical (unpaired) electrons. The molecule has 0 unspecified atom stereocenters. The number of piperazine rings is 1. The third kappa shape index (κ3) is 5.88. The largest absolute Gasteiger partial charge is 0.493 e. The van der Waals surface area contributed by atoms with Gasteiger partial charge in [0.1, 0.15) is 11.7 Å². The predicted molar refractivity (Wildman–Crippen MR) is 145 cm³/mol. The van der Waals surface area contributed by atoms with Crippen LogP contribution in [0.2, 0.25) is 0 Å². The molecule has 0 bridgehead atoms. The number of carbonyl (C=O) groups is 1. The first-order valence-corrected chi connectivity index (χ1v) is 13.1. The van der Waals surface area contributed by atoms with Crippen LogP contribution in [-0.4, -0.2) is 79.0 Å². The Kier molecular flexibility index (Phi) is 7.46. The summed E-state index contributed by atoms with van der Waals surface area (Å²) in [7, 11) is 1.65. The molecule has 38 heavy (non-hydrogen) atoms. The fourth-order valence-electron chi connectivity index (χ4n) is 4.72. The van der Waals surface area contributed by atoms with Crippen molar-refractivity contribution in [1.82, 2.24) is 14.7 Å². The van der Waals surface area contributed by atoms with E-state index in [-0.39, 0.29) is 12.2 Å². The number of hydrogen-bond acceptors (Lipinski definition) is 7. The minimum atomic E-state index is -0.485. The van der Waals surface area contributed by atoms with Gasteiger partial charge < -0.3 is 28.7 Å². The SMILES string of the molecule is COc1ccc(-c2ccnn2-c2ccc(N3CCN(C(=O)OC(C)(C)C)CC3)cc2)cc1O[C@@H]1CCOC1. The summed E-state index contributed by atoms with van der Waals surface area (Å²) in [5, 5.41) is 4.59. The molecule has 1 atom stereocenters. The second-order valence-corrected chi connectivity index (χ2v) is 10.6. The number of ether oxygens (including phenoxy) is 4. The molecule has 0 spiro atoms. The molecular formula is C29H36N4O5. The van der Waals surface area contributed by atoms with Gasteiger partial charge in [0.15, 0.2) is 11.5 Å². The normalized spacial score (nSPS) is 17.9. The van der Waals surface area contributed by atoms with Crippen molar-refractivity contribution >= 4 is 11.8 Å². The lowest BCUT2D eigenvalue weighted by molar-refractivity contribution is 0.0240. The van der Waals surface area contributed by atoms with Gasteiger partial charge in [0.2, 0.25) is 0 Å². The Morgan fingerprint density at radius 2 is 1.71 bits per heavy atom. The molecule has 2 aliphatic heterocycles. The molecule has 3 heterocycles. The van der Waals surface area contributed by atoms with E-state index in [2.05, 4.69) is 34.3 Å². The molecule has 0 saturated carbocycles. The number of methoxy groups -OCH3 is 1. The van der Waals surface area contributed by atoms with E-state index in [0.717, 1.165) is 48.7 Å². The van der Waals surface area contributed by atoms with Crippen LogP contribution in [0.5, 0.6) is 11.5 Å². The van der Waals surface area contributed by atoms with Gasteiger partial charge in [-0.05, 0) is 69.3 Å². The Bertz CT molecular complexity index is 1240. The number of benzene rings is 2. The zero-order valence-electron chi connectivity index (χ0n) is 22.6. The molecule has 0 aliphatic carbocycles. The molecule has 2 fully saturated rings. The van der Waals surface area contributed by atoms with Crippen molar-refractivity contribution in [2.45, 2.75) is 38.9 Å². The third-order valence-corrected chi connectivity index (χ3v) is 6.67. The lowest BCUT2D eigenvalue weighted by Gasteiger charge is -2.36. The number of anilines is 1. The first-order chi connectivity index (χ1) is 18.3. The Morgan fingerprint density at radius 3 is 2.37 bits per heavy atom. The molecule has 9 heteroatoms. The molecule has 5 rings (SSSR count). The van der Waals surface area contributed by atoms with E-state index in [1.54, 1.807) is 18.2 Å². The van der Waals surface area contributed by atoms with Gasteiger partial charge in [-0.3, -0.25) is 0 Å². The second kappa shape index (κ2) is 10.9. The van der Waals surface area contributed by atoms with Gasteiger partial charge in [-0.1, -0.05) is 0 Å². The van der Waals surface area contributed by atoms with Crippen molar-refractivity contribution in [3.05, 3.63) is 54.7 Å². The van der Waals surface area contributed by atoms with Gasteiger partial charge in [-0.25, -0.2) is 9.48 Å². The van der Waals surface area contributed by atoms with Gasteiger partial charge in [0.25, 0.3) is 0 Å². The van der Waals surface area contributed by atoms with E-state index in [9.17, 15) is 4.79 Å². The Labute approximate surface area is 223 Å². The van der Waals surface area contributed by atoms with Crippen LogP contribution >= 0.6 is 0 Å². The quantitative estimate of drug-likeness (QED) is 0.463. The van der Waals surface area contributed by atoms with Gasteiger partial charge in [0, 0.05) is 43.9 Å². The van der Waals surface area contributed by atoms with Crippen molar-refractivity contribution in [2.75, 3.05) is 51.4 Å². The summed E-state index contributed by atoms with van der Waals surface area (Å²) < 4.78 is 24.6. The fraction of sp³-hybridized carbons (Fsp3) is 0.448. The second-order valence-electron chi connectivity index (χ2n) is 10.6. The Balaban J connectivity index is 1.28. The van der Waals surface area contributed by atoms with E-state index in [0.29, 0.717) is 31.2 Å². The van der Waals surface area contributed by atoms with Gasteiger partial charge >= 0.3 is 6.09 Å². The lowest BCUT2D eigenvalue weighted by atomic mass is 10.1. The highest BCUT2D eigenvalue weighted by atomic mass is 16.6. The fourth-order valence-corrected chi connectivity index (χ4v) is 4.72. The zero-order chi connectivity index (χ0) is 26.7. The van der Waals surface area contributed by atoms with Crippen LogP contribution in [0.3, 0.4) is 0 Å². The third-order valence-electron chi connectivity index (χ3n) is 6.67. The summed E-state index contributed by atoms with van der Waals surface area (Å²) in [6, 6.07) is 16.3. The van der Waals surface area contributed by atoms with Crippen LogP contribution in [0, 0.1) is 0 Å². The molecule has 202 valence electrons. The van der Waals surface area contributed by atoms with Gasteiger partial charge in [-0.15, -0.1) is 0 Å². The average molecular weight is 521 g/mol. The first kappa shape index (κ1) is 25.9. The highest BCUT2D eigenvalue weighted by Crippen LogP contribution is 2.35. The maximum atomic E-state index is 12.4. The number of amides is 1. The van der Waals surface area contributed by atoms with Crippen LogP contribution in [-0.2, 0) is 9.47 Å². The maximum absolute atomic E-state index is 12.4. The van der Waals surface area contributed by atoms with Crippen LogP contribution in [0.15, 0.2) is 54.7 Å². The topological polar surface area (TPSA) is 78.3 Å². The van der Waals surface area contributed by atoms with Crippen molar-refractivity contribution in [3.63, 3.8) is 0 Å². The number of carbonyl (C=O) groups excluding carboxylic acids is 1. The molecule has 1 amide bonds. The zero-order valence-corrected chi connectivity index (χ0v) is 22.6. The van der Waals surface area contributed by atoms with Crippen molar-refractivity contribution in [1.29, 1.82) is 0 Å². The summed E-state index contributed by atoms with van der Waals surface area (Å²) >= 11 is 0. The van der Waals surface area contributed by atoms with Crippen molar-refractivity contribution < 1.29 is 23.7 Å². The number of nitrogens with zero attached hydrogens (tertiary/aromatic N) is 4. The molecule has 2 aliphatic rings. The molecular weight excluding hydrogens is 484 g/mol. The molecule has 3 aromatic rings. The van der Waals surface area contributed by atoms with E-state index in [1.165, 1.54) is 0 Å². The highest BCUT2D eigenvalue weighted by Gasteiger charge is 2.26. The number of aromatic nitrogens is 2. The van der Waals surface area contributed by atoms with E-state index in [4.69, 9.17) is 18.9 Å². The number of hydrogen-bond donors (Lipinski definition) is 0. The van der Waals surface area contributed by atoms with Crippen LogP contribution in [0.25, 0.3) is 16.9 Å². The first-order valence-electron chi connectivity index (χ1n) is 13.1. The molecule has 1 aromatic heterocycles. The van der Waals surface area contributed by atoms with Crippen LogP contribution < -0.4 is 14.4 Å².